The number of likely N-dealkylation sites (tertiary alicyclic amines) is 1. The van der Waals surface area contributed by atoms with E-state index >= 15 is 0 Å². The van der Waals surface area contributed by atoms with Gasteiger partial charge in [0, 0.05) is 32.3 Å². The highest BCUT2D eigenvalue weighted by Gasteiger charge is 2.28. The van der Waals surface area contributed by atoms with Crippen molar-refractivity contribution in [2.45, 2.75) is 18.8 Å². The van der Waals surface area contributed by atoms with Crippen molar-refractivity contribution in [1.29, 1.82) is 0 Å². The Labute approximate surface area is 172 Å². The normalized spacial score (nSPS) is 14.8. The molecule has 1 aliphatic heterocycles. The SMILES string of the molecule is COc1ccccc1-c1nnc(C2CCN(C(=O)c3cccn(C)c3=O)CC2)s1. The van der Waals surface area contributed by atoms with Gasteiger partial charge in [-0.1, -0.05) is 23.5 Å². The number of aryl methyl sites for hydroxylation is 1. The Morgan fingerprint density at radius 2 is 1.90 bits per heavy atom. The molecule has 1 saturated heterocycles. The number of hydrogen-bond acceptors (Lipinski definition) is 6. The summed E-state index contributed by atoms with van der Waals surface area (Å²) in [7, 11) is 3.30. The predicted molar refractivity (Wildman–Crippen MR) is 111 cm³/mol. The van der Waals surface area contributed by atoms with Gasteiger partial charge in [0.05, 0.1) is 12.7 Å². The molecule has 0 atom stereocenters. The zero-order valence-corrected chi connectivity index (χ0v) is 17.2. The summed E-state index contributed by atoms with van der Waals surface area (Å²) in [5.41, 5.74) is 0.902. The third-order valence-electron chi connectivity index (χ3n) is 5.26. The first-order chi connectivity index (χ1) is 14.1. The number of piperidine rings is 1. The lowest BCUT2D eigenvalue weighted by molar-refractivity contribution is 0.0710. The van der Waals surface area contributed by atoms with Gasteiger partial charge in [0.2, 0.25) is 0 Å². The highest BCUT2D eigenvalue weighted by Crippen LogP contribution is 2.36. The summed E-state index contributed by atoms with van der Waals surface area (Å²) < 4.78 is 6.85. The average Bonchev–Trinajstić information content (AvgIpc) is 3.25. The second kappa shape index (κ2) is 8.16. The van der Waals surface area contributed by atoms with Crippen LogP contribution in [-0.4, -0.2) is 45.8 Å². The summed E-state index contributed by atoms with van der Waals surface area (Å²) in [6.45, 7) is 1.20. The molecule has 2 aromatic heterocycles. The van der Waals surface area contributed by atoms with Crippen LogP contribution in [0.1, 0.15) is 34.1 Å². The van der Waals surface area contributed by atoms with E-state index in [0.717, 1.165) is 34.2 Å². The smallest absolute Gasteiger partial charge is 0.263 e. The van der Waals surface area contributed by atoms with Crippen molar-refractivity contribution in [2.75, 3.05) is 20.2 Å². The van der Waals surface area contributed by atoms with Gasteiger partial charge in [-0.25, -0.2) is 0 Å². The second-order valence-corrected chi connectivity index (χ2v) is 8.06. The summed E-state index contributed by atoms with van der Waals surface area (Å²) in [5.74, 6) is 0.843. The van der Waals surface area contributed by atoms with Crippen molar-refractivity contribution >= 4 is 17.2 Å². The van der Waals surface area contributed by atoms with Crippen molar-refractivity contribution in [2.24, 2.45) is 7.05 Å². The van der Waals surface area contributed by atoms with Crippen LogP contribution in [0.4, 0.5) is 0 Å². The molecule has 7 nitrogen and oxygen atoms in total. The minimum atomic E-state index is -0.259. The van der Waals surface area contributed by atoms with E-state index in [4.69, 9.17) is 4.74 Å². The highest BCUT2D eigenvalue weighted by atomic mass is 32.1. The molecule has 0 aliphatic carbocycles. The van der Waals surface area contributed by atoms with Crippen molar-refractivity contribution in [3.8, 4) is 16.3 Å². The van der Waals surface area contributed by atoms with E-state index in [-0.39, 0.29) is 22.9 Å². The van der Waals surface area contributed by atoms with E-state index in [0.29, 0.717) is 13.1 Å². The lowest BCUT2D eigenvalue weighted by atomic mass is 9.97. The third-order valence-corrected chi connectivity index (χ3v) is 6.38. The number of pyridine rings is 1. The van der Waals surface area contributed by atoms with Crippen LogP contribution in [0.3, 0.4) is 0 Å². The third kappa shape index (κ3) is 3.80. The van der Waals surface area contributed by atoms with Gasteiger partial charge in [0.25, 0.3) is 11.5 Å². The van der Waals surface area contributed by atoms with E-state index in [1.54, 1.807) is 48.7 Å². The lowest BCUT2D eigenvalue weighted by Crippen LogP contribution is -2.40. The van der Waals surface area contributed by atoms with Crippen molar-refractivity contribution < 1.29 is 9.53 Å². The molecule has 150 valence electrons. The zero-order chi connectivity index (χ0) is 20.4. The van der Waals surface area contributed by atoms with Crippen LogP contribution >= 0.6 is 11.3 Å². The van der Waals surface area contributed by atoms with Gasteiger partial charge in [-0.15, -0.1) is 10.2 Å². The first kappa shape index (κ1) is 19.3. The zero-order valence-electron chi connectivity index (χ0n) is 16.4. The first-order valence-electron chi connectivity index (χ1n) is 9.50. The summed E-state index contributed by atoms with van der Waals surface area (Å²) in [5, 5.41) is 10.6. The molecular formula is C21H22N4O3S. The molecule has 0 bridgehead atoms. The minimum Gasteiger partial charge on any atom is -0.496 e. The van der Waals surface area contributed by atoms with Gasteiger partial charge in [0.15, 0.2) is 5.01 Å². The maximum atomic E-state index is 12.7. The molecule has 3 aromatic rings. The Morgan fingerprint density at radius 3 is 2.66 bits per heavy atom. The van der Waals surface area contributed by atoms with Crippen molar-refractivity contribution in [3.05, 3.63) is 63.5 Å². The van der Waals surface area contributed by atoms with Gasteiger partial charge >= 0.3 is 0 Å². The van der Waals surface area contributed by atoms with Crippen LogP contribution < -0.4 is 10.3 Å². The Morgan fingerprint density at radius 1 is 1.14 bits per heavy atom. The molecule has 0 N–H and O–H groups in total. The summed E-state index contributed by atoms with van der Waals surface area (Å²) in [6.07, 6.45) is 3.26. The Kier molecular flexibility index (Phi) is 5.44. The summed E-state index contributed by atoms with van der Waals surface area (Å²) in [4.78, 5) is 26.7. The molecule has 0 radical (unpaired) electrons. The molecular weight excluding hydrogens is 388 g/mol. The standard InChI is InChI=1S/C21H22N4O3S/c1-24-11-5-7-16(20(24)26)21(27)25-12-9-14(10-13-25)18-22-23-19(29-18)15-6-3-4-8-17(15)28-2/h3-8,11,14H,9-10,12-13H2,1-2H3. The van der Waals surface area contributed by atoms with Crippen molar-refractivity contribution in [3.63, 3.8) is 0 Å². The van der Waals surface area contributed by atoms with Gasteiger partial charge < -0.3 is 14.2 Å². The molecule has 0 unspecified atom stereocenters. The van der Waals surface area contributed by atoms with Crippen LogP contribution in [0.15, 0.2) is 47.4 Å². The quantitative estimate of drug-likeness (QED) is 0.661. The minimum absolute atomic E-state index is 0.198. The van der Waals surface area contributed by atoms with Crippen LogP contribution in [0, 0.1) is 0 Å². The molecule has 3 heterocycles. The fraction of sp³-hybridized carbons (Fsp3) is 0.333. The molecule has 1 fully saturated rings. The van der Waals surface area contributed by atoms with Crippen molar-refractivity contribution in [1.82, 2.24) is 19.7 Å². The van der Waals surface area contributed by atoms with Gasteiger partial charge in [-0.3, -0.25) is 9.59 Å². The number of amides is 1. The van der Waals surface area contributed by atoms with Crippen LogP contribution in [0.25, 0.3) is 10.6 Å². The maximum Gasteiger partial charge on any atom is 0.263 e. The number of ether oxygens (including phenoxy) is 1. The van der Waals surface area contributed by atoms with Gasteiger partial charge in [-0.2, -0.15) is 0 Å². The molecule has 29 heavy (non-hydrogen) atoms. The molecule has 8 heteroatoms. The summed E-state index contributed by atoms with van der Waals surface area (Å²) >= 11 is 1.57. The molecule has 0 spiro atoms. The molecule has 4 rings (SSSR count). The molecule has 1 aliphatic rings. The fourth-order valence-electron chi connectivity index (χ4n) is 3.59. The van der Waals surface area contributed by atoms with E-state index in [9.17, 15) is 9.59 Å². The number of benzene rings is 1. The largest absolute Gasteiger partial charge is 0.496 e. The van der Waals surface area contributed by atoms with Crippen LogP contribution in [0.2, 0.25) is 0 Å². The Bertz CT molecular complexity index is 1080. The number of aromatic nitrogens is 3. The maximum absolute atomic E-state index is 12.7. The number of rotatable bonds is 4. The van der Waals surface area contributed by atoms with Crippen LogP contribution in [-0.2, 0) is 7.05 Å². The average molecular weight is 410 g/mol. The lowest BCUT2D eigenvalue weighted by Gasteiger charge is -2.30. The highest BCUT2D eigenvalue weighted by molar-refractivity contribution is 7.14. The van der Waals surface area contributed by atoms with Gasteiger partial charge in [0.1, 0.15) is 16.3 Å². The molecule has 1 aromatic carbocycles. The summed E-state index contributed by atoms with van der Waals surface area (Å²) in [6, 6.07) is 11.1. The van der Waals surface area contributed by atoms with E-state index < -0.39 is 0 Å². The molecule has 0 saturated carbocycles. The Hall–Kier alpha value is -3.00. The predicted octanol–water partition coefficient (Wildman–Crippen LogP) is 2.93. The number of hydrogen-bond donors (Lipinski definition) is 0. The van der Waals surface area contributed by atoms with Crippen LogP contribution in [0.5, 0.6) is 5.75 Å². The van der Waals surface area contributed by atoms with E-state index in [2.05, 4.69) is 10.2 Å². The van der Waals surface area contributed by atoms with E-state index in [1.165, 1.54) is 4.57 Å². The number of nitrogens with zero attached hydrogens (tertiary/aromatic N) is 4. The number of carbonyl (C=O) groups is 1. The van der Waals surface area contributed by atoms with E-state index in [1.807, 2.05) is 24.3 Å². The first-order valence-corrected chi connectivity index (χ1v) is 10.3. The second-order valence-electron chi connectivity index (χ2n) is 7.05. The number of carbonyl (C=O) groups excluding carboxylic acids is 1. The number of para-hydroxylation sites is 1. The monoisotopic (exact) mass is 410 g/mol. The number of methoxy groups -OCH3 is 1. The molecule has 1 amide bonds. The Balaban J connectivity index is 1.45. The fourth-order valence-corrected chi connectivity index (χ4v) is 4.63. The topological polar surface area (TPSA) is 77.3 Å². The van der Waals surface area contributed by atoms with Gasteiger partial charge in [-0.05, 0) is 37.1 Å².